The Bertz CT molecular complexity index is 567. The highest BCUT2D eigenvalue weighted by Crippen LogP contribution is 2.18. The van der Waals surface area contributed by atoms with Gasteiger partial charge in [-0.05, 0) is 76.4 Å². The minimum atomic E-state index is 0.213. The van der Waals surface area contributed by atoms with E-state index in [2.05, 4.69) is 76.3 Å². The number of unbranched alkanes of at least 4 members (excludes halogenated alkanes) is 4. The van der Waals surface area contributed by atoms with Crippen LogP contribution in [0.15, 0.2) is 53.6 Å². The van der Waals surface area contributed by atoms with Gasteiger partial charge in [0, 0.05) is 19.0 Å². The molecular formula is C24H36N2OS. The van der Waals surface area contributed by atoms with E-state index < -0.39 is 0 Å². The number of amides is 1. The molecule has 0 heterocycles. The highest BCUT2D eigenvalue weighted by Gasteiger charge is 2.22. The number of allylic oxidation sites excluding steroid dienone is 8. The molecule has 1 fully saturated rings. The first-order valence-electron chi connectivity index (χ1n) is 10.8. The maximum Gasteiger partial charge on any atom is 0.220 e. The first-order chi connectivity index (χ1) is 13.8. The third-order valence-corrected chi connectivity index (χ3v) is 4.53. The second-order valence-corrected chi connectivity index (χ2v) is 7.33. The lowest BCUT2D eigenvalue weighted by Gasteiger charge is -2.00. The number of carbonyl (C=O) groups is 1. The van der Waals surface area contributed by atoms with Crippen molar-refractivity contribution in [3.63, 3.8) is 0 Å². The maximum absolute atomic E-state index is 11.5. The Balaban J connectivity index is 1.85. The molecule has 154 valence electrons. The number of isothiocyanates is 1. The van der Waals surface area contributed by atoms with Gasteiger partial charge in [0.25, 0.3) is 0 Å². The van der Waals surface area contributed by atoms with Crippen molar-refractivity contribution in [3.05, 3.63) is 48.6 Å². The number of nitrogens with one attached hydrogen (secondary N) is 1. The smallest absolute Gasteiger partial charge is 0.220 e. The molecule has 0 aromatic rings. The predicted octanol–water partition coefficient (Wildman–Crippen LogP) is 6.49. The lowest BCUT2D eigenvalue weighted by molar-refractivity contribution is -0.121. The van der Waals surface area contributed by atoms with Gasteiger partial charge >= 0.3 is 0 Å². The van der Waals surface area contributed by atoms with Crippen LogP contribution in [-0.4, -0.2) is 23.7 Å². The lowest BCUT2D eigenvalue weighted by Crippen LogP contribution is -2.24. The van der Waals surface area contributed by atoms with E-state index in [1.807, 2.05) is 0 Å². The van der Waals surface area contributed by atoms with Gasteiger partial charge in [-0.25, -0.2) is 4.99 Å². The summed E-state index contributed by atoms with van der Waals surface area (Å²) in [6, 6.07) is 0.482. The summed E-state index contributed by atoms with van der Waals surface area (Å²) in [5.41, 5.74) is 0. The topological polar surface area (TPSA) is 41.5 Å². The third kappa shape index (κ3) is 17.6. The number of carbonyl (C=O) groups excluding carboxylic acids is 1. The number of thiocarbonyl (C=S) groups is 1. The highest BCUT2D eigenvalue weighted by molar-refractivity contribution is 7.78. The average Bonchev–Trinajstić information content (AvgIpc) is 3.50. The van der Waals surface area contributed by atoms with Crippen LogP contribution in [0.5, 0.6) is 0 Å². The second-order valence-electron chi connectivity index (χ2n) is 7.15. The number of nitrogens with zero attached hydrogens (tertiary/aromatic N) is 1. The van der Waals surface area contributed by atoms with Gasteiger partial charge in [-0.3, -0.25) is 4.79 Å². The van der Waals surface area contributed by atoms with E-state index in [4.69, 9.17) is 0 Å². The van der Waals surface area contributed by atoms with Crippen molar-refractivity contribution in [3.8, 4) is 0 Å². The van der Waals surface area contributed by atoms with Crippen LogP contribution in [0.1, 0.15) is 77.0 Å². The van der Waals surface area contributed by atoms with Crippen molar-refractivity contribution in [1.29, 1.82) is 0 Å². The average molecular weight is 401 g/mol. The van der Waals surface area contributed by atoms with Crippen LogP contribution in [-0.2, 0) is 4.79 Å². The fourth-order valence-corrected chi connectivity index (χ4v) is 2.72. The van der Waals surface area contributed by atoms with Crippen LogP contribution in [0.4, 0.5) is 0 Å². The molecule has 1 aliphatic rings. The number of rotatable bonds is 17. The summed E-state index contributed by atoms with van der Waals surface area (Å²) in [6.45, 7) is 0.818. The largest absolute Gasteiger partial charge is 0.353 e. The van der Waals surface area contributed by atoms with E-state index in [-0.39, 0.29) is 5.91 Å². The second kappa shape index (κ2) is 18.6. The number of hydrogen-bond acceptors (Lipinski definition) is 3. The summed E-state index contributed by atoms with van der Waals surface area (Å²) < 4.78 is 0. The normalized spacial score (nSPS) is 14.4. The Kier molecular flexibility index (Phi) is 16.1. The Labute approximate surface area is 176 Å². The molecule has 0 saturated heterocycles. The van der Waals surface area contributed by atoms with Gasteiger partial charge in [0.15, 0.2) is 0 Å². The Hall–Kier alpha value is -1.77. The number of aliphatic imine (C=N–C) groups is 1. The monoisotopic (exact) mass is 400 g/mol. The van der Waals surface area contributed by atoms with Gasteiger partial charge in [0.05, 0.1) is 5.16 Å². The zero-order chi connectivity index (χ0) is 20.1. The molecule has 0 atom stereocenters. The van der Waals surface area contributed by atoms with Gasteiger partial charge in [-0.1, -0.05) is 55.0 Å². The van der Waals surface area contributed by atoms with Crippen LogP contribution < -0.4 is 5.32 Å². The van der Waals surface area contributed by atoms with Crippen molar-refractivity contribution in [2.45, 2.75) is 83.1 Å². The molecule has 1 rings (SSSR count). The fourth-order valence-electron chi connectivity index (χ4n) is 2.63. The van der Waals surface area contributed by atoms with Gasteiger partial charge in [0.1, 0.15) is 0 Å². The highest BCUT2D eigenvalue weighted by atomic mass is 32.1. The van der Waals surface area contributed by atoms with Crippen molar-refractivity contribution in [2.24, 2.45) is 4.99 Å². The Morgan fingerprint density at radius 1 is 0.857 bits per heavy atom. The van der Waals surface area contributed by atoms with E-state index in [1.165, 1.54) is 12.8 Å². The van der Waals surface area contributed by atoms with Crippen molar-refractivity contribution >= 4 is 23.3 Å². The van der Waals surface area contributed by atoms with Gasteiger partial charge in [0.2, 0.25) is 5.91 Å². The molecule has 1 N–H and O–H groups in total. The molecule has 1 aliphatic carbocycles. The van der Waals surface area contributed by atoms with Crippen LogP contribution >= 0.6 is 12.2 Å². The summed E-state index contributed by atoms with van der Waals surface area (Å²) in [5, 5.41) is 5.42. The van der Waals surface area contributed by atoms with Crippen LogP contribution in [0.2, 0.25) is 0 Å². The molecule has 0 aliphatic heterocycles. The Morgan fingerprint density at radius 3 is 2.00 bits per heavy atom. The minimum absolute atomic E-state index is 0.213. The summed E-state index contributed by atoms with van der Waals surface area (Å²) in [5.74, 6) is 0.213. The summed E-state index contributed by atoms with van der Waals surface area (Å²) in [7, 11) is 0. The summed E-state index contributed by atoms with van der Waals surface area (Å²) >= 11 is 4.54. The lowest BCUT2D eigenvalue weighted by atomic mass is 10.2. The standard InChI is InChI=1S/C24H36N2OS/c27-24(26-23-19-20-23)18-16-14-12-10-8-6-4-2-1-3-5-7-9-11-13-15-17-21-25-22-28/h1,3-4,6-7,9-10,12,23H,2,5,8,11,13-21H2,(H,26,27)/b3-1+,6-4+,9-7+,12-10+. The van der Waals surface area contributed by atoms with Gasteiger partial charge < -0.3 is 5.32 Å². The van der Waals surface area contributed by atoms with Crippen molar-refractivity contribution < 1.29 is 4.79 Å². The fraction of sp³-hybridized carbons (Fsp3) is 0.583. The van der Waals surface area contributed by atoms with Crippen LogP contribution in [0.25, 0.3) is 0 Å². The van der Waals surface area contributed by atoms with Crippen molar-refractivity contribution in [1.82, 2.24) is 5.32 Å². The van der Waals surface area contributed by atoms with Gasteiger partial charge in [-0.15, -0.1) is 0 Å². The SMILES string of the molecule is O=C(CCC/C=C/C/C=C/C/C=C/C/C=C/CCCCCN=C=S)NC1CC1. The molecule has 0 radical (unpaired) electrons. The molecule has 4 heteroatoms. The van der Waals surface area contributed by atoms with Crippen LogP contribution in [0.3, 0.4) is 0 Å². The molecule has 0 unspecified atom stereocenters. The molecule has 3 nitrogen and oxygen atoms in total. The molecular weight excluding hydrogens is 364 g/mol. The summed E-state index contributed by atoms with van der Waals surface area (Å²) in [6.07, 6.45) is 30.3. The molecule has 1 amide bonds. The predicted molar refractivity (Wildman–Crippen MR) is 124 cm³/mol. The van der Waals surface area contributed by atoms with E-state index in [9.17, 15) is 4.79 Å². The molecule has 28 heavy (non-hydrogen) atoms. The zero-order valence-electron chi connectivity index (χ0n) is 17.2. The van der Waals surface area contributed by atoms with E-state index >= 15 is 0 Å². The molecule has 1 saturated carbocycles. The van der Waals surface area contributed by atoms with E-state index in [0.29, 0.717) is 12.5 Å². The first-order valence-corrected chi connectivity index (χ1v) is 11.2. The molecule has 0 aromatic heterocycles. The molecule has 0 aromatic carbocycles. The van der Waals surface area contributed by atoms with E-state index in [1.54, 1.807) is 0 Å². The Morgan fingerprint density at radius 2 is 1.43 bits per heavy atom. The summed E-state index contributed by atoms with van der Waals surface area (Å²) in [4.78, 5) is 15.4. The van der Waals surface area contributed by atoms with Crippen LogP contribution in [0, 0.1) is 0 Å². The first kappa shape index (κ1) is 24.3. The van der Waals surface area contributed by atoms with E-state index in [0.717, 1.165) is 64.3 Å². The maximum atomic E-state index is 11.5. The molecule has 0 bridgehead atoms. The van der Waals surface area contributed by atoms with Crippen molar-refractivity contribution in [2.75, 3.05) is 6.54 Å². The number of hydrogen-bond donors (Lipinski definition) is 1. The zero-order valence-corrected chi connectivity index (χ0v) is 18.0. The third-order valence-electron chi connectivity index (χ3n) is 4.41. The quantitative estimate of drug-likeness (QED) is 0.131. The minimum Gasteiger partial charge on any atom is -0.353 e. The molecule has 0 spiro atoms. The van der Waals surface area contributed by atoms with Gasteiger partial charge in [-0.2, -0.15) is 0 Å².